The van der Waals surface area contributed by atoms with Gasteiger partial charge in [-0.1, -0.05) is 55.3 Å². The number of hydrogen-bond donors (Lipinski definition) is 1. The molecule has 3 heterocycles. The van der Waals surface area contributed by atoms with Crippen molar-refractivity contribution in [3.63, 3.8) is 0 Å². The van der Waals surface area contributed by atoms with Gasteiger partial charge in [0.25, 0.3) is 0 Å². The summed E-state index contributed by atoms with van der Waals surface area (Å²) in [5, 5.41) is 5.18. The van der Waals surface area contributed by atoms with Gasteiger partial charge < -0.3 is 24.1 Å². The molecule has 0 bridgehead atoms. The topological polar surface area (TPSA) is 98.1 Å². The number of nitrogens with one attached hydrogen (secondary N) is 1. The summed E-state index contributed by atoms with van der Waals surface area (Å²) in [6.45, 7) is 2.39. The first kappa shape index (κ1) is 28.2. The van der Waals surface area contributed by atoms with Crippen LogP contribution in [0.3, 0.4) is 0 Å². The van der Waals surface area contributed by atoms with Gasteiger partial charge in [0.15, 0.2) is 0 Å². The van der Waals surface area contributed by atoms with Crippen LogP contribution in [0.25, 0.3) is 10.8 Å². The molecule has 4 atom stereocenters. The lowest BCUT2D eigenvalue weighted by Crippen LogP contribution is -2.60. The minimum atomic E-state index is -1.22. The molecule has 2 aliphatic heterocycles. The Morgan fingerprint density at radius 2 is 1.86 bits per heavy atom. The second kappa shape index (κ2) is 11.8. The molecular formula is C34H38N2O6. The van der Waals surface area contributed by atoms with E-state index in [-0.39, 0.29) is 37.3 Å². The highest BCUT2D eigenvalue weighted by atomic mass is 16.5. The third-order valence-corrected chi connectivity index (χ3v) is 9.40. The van der Waals surface area contributed by atoms with E-state index < -0.39 is 23.4 Å². The minimum Gasteiger partial charge on any atom is -0.468 e. The molecule has 8 nitrogen and oxygen atoms in total. The number of carbonyl (C=O) groups is 3. The van der Waals surface area contributed by atoms with Crippen LogP contribution >= 0.6 is 0 Å². The van der Waals surface area contributed by atoms with E-state index in [1.165, 1.54) is 7.11 Å². The quantitative estimate of drug-likeness (QED) is 0.359. The fourth-order valence-corrected chi connectivity index (χ4v) is 7.21. The molecule has 2 amide bonds. The monoisotopic (exact) mass is 570 g/mol. The molecule has 3 aliphatic rings. The summed E-state index contributed by atoms with van der Waals surface area (Å²) >= 11 is 0. The van der Waals surface area contributed by atoms with Crippen LogP contribution in [-0.4, -0.2) is 42.0 Å². The van der Waals surface area contributed by atoms with E-state index in [2.05, 4.69) is 5.32 Å². The van der Waals surface area contributed by atoms with E-state index in [1.807, 2.05) is 61.5 Å². The molecule has 1 aliphatic carbocycles. The number of rotatable bonds is 8. The molecule has 1 saturated heterocycles. The van der Waals surface area contributed by atoms with E-state index in [0.29, 0.717) is 23.9 Å². The Morgan fingerprint density at radius 1 is 1.07 bits per heavy atom. The smallest absolute Gasteiger partial charge is 0.320 e. The average molecular weight is 571 g/mol. The first-order valence-corrected chi connectivity index (χ1v) is 14.9. The largest absolute Gasteiger partial charge is 0.468 e. The first-order chi connectivity index (χ1) is 20.4. The van der Waals surface area contributed by atoms with Crippen molar-refractivity contribution in [2.24, 2.45) is 17.3 Å². The Morgan fingerprint density at radius 3 is 2.62 bits per heavy atom. The van der Waals surface area contributed by atoms with E-state index in [4.69, 9.17) is 13.9 Å². The molecule has 0 unspecified atom stereocenters. The van der Waals surface area contributed by atoms with Crippen molar-refractivity contribution in [1.82, 2.24) is 10.2 Å². The van der Waals surface area contributed by atoms with Crippen LogP contribution in [0.15, 0.2) is 77.1 Å². The highest BCUT2D eigenvalue weighted by Gasteiger charge is 2.60. The first-order valence-electron chi connectivity index (χ1n) is 14.9. The summed E-state index contributed by atoms with van der Waals surface area (Å²) in [6.07, 6.45) is 7.30. The number of ether oxygens (including phenoxy) is 2. The standard InChI is InChI=1S/C34H38N2O6/c1-22-34(33(39)40-2)19-26(17-31(37)35-20-25-13-7-12-23-9-5-6-15-28(23)25)32(38)36(21-27-14-8-16-41-27)30(34)18-29(42-22)24-10-3-4-11-24/h5-9,12-16,18,22,24,26,29H,3-4,10-11,17,19-21H2,1-2H3,(H,35,37)/t22-,26+,29-,34+/m1/s1. The van der Waals surface area contributed by atoms with Gasteiger partial charge in [0.1, 0.15) is 11.2 Å². The summed E-state index contributed by atoms with van der Waals surface area (Å²) in [7, 11) is 1.36. The van der Waals surface area contributed by atoms with Crippen molar-refractivity contribution < 1.29 is 28.3 Å². The van der Waals surface area contributed by atoms with Crippen molar-refractivity contribution in [2.75, 3.05) is 7.11 Å². The van der Waals surface area contributed by atoms with Gasteiger partial charge in [-0.15, -0.1) is 0 Å². The van der Waals surface area contributed by atoms with Crippen LogP contribution in [0.1, 0.15) is 56.8 Å². The van der Waals surface area contributed by atoms with E-state index in [1.54, 1.807) is 17.2 Å². The van der Waals surface area contributed by atoms with Gasteiger partial charge >= 0.3 is 5.97 Å². The molecule has 2 fully saturated rings. The van der Waals surface area contributed by atoms with Crippen molar-refractivity contribution in [1.29, 1.82) is 0 Å². The number of nitrogens with zero attached hydrogens (tertiary/aromatic N) is 1. The Labute approximate surface area is 246 Å². The summed E-state index contributed by atoms with van der Waals surface area (Å²) in [5.41, 5.74) is 0.392. The second-order valence-corrected chi connectivity index (χ2v) is 11.8. The fourth-order valence-electron chi connectivity index (χ4n) is 7.21. The number of hydrogen-bond acceptors (Lipinski definition) is 6. The predicted molar refractivity (Wildman–Crippen MR) is 157 cm³/mol. The van der Waals surface area contributed by atoms with Crippen LogP contribution in [-0.2, 0) is 36.9 Å². The predicted octanol–water partition coefficient (Wildman–Crippen LogP) is 5.51. The van der Waals surface area contributed by atoms with Crippen molar-refractivity contribution in [2.45, 2.75) is 70.7 Å². The Bertz CT molecular complexity index is 1490. The van der Waals surface area contributed by atoms with Gasteiger partial charge in [-0.25, -0.2) is 0 Å². The van der Waals surface area contributed by atoms with Crippen LogP contribution in [0.2, 0.25) is 0 Å². The molecule has 6 rings (SSSR count). The van der Waals surface area contributed by atoms with Crippen LogP contribution in [0.5, 0.6) is 0 Å². The highest BCUT2D eigenvalue weighted by Crippen LogP contribution is 2.52. The Kier molecular flexibility index (Phi) is 7.90. The molecule has 1 N–H and O–H groups in total. The number of amides is 2. The zero-order chi connectivity index (χ0) is 29.3. The molecular weight excluding hydrogens is 532 g/mol. The Balaban J connectivity index is 1.29. The summed E-state index contributed by atoms with van der Waals surface area (Å²) < 4.78 is 17.6. The number of methoxy groups -OCH3 is 1. The Hall–Kier alpha value is -3.91. The molecule has 1 aromatic heterocycles. The van der Waals surface area contributed by atoms with Crippen molar-refractivity contribution in [3.05, 3.63) is 84.0 Å². The zero-order valence-electron chi connectivity index (χ0n) is 24.2. The molecule has 0 spiro atoms. The lowest BCUT2D eigenvalue weighted by atomic mass is 9.66. The summed E-state index contributed by atoms with van der Waals surface area (Å²) in [5.74, 6) is -0.701. The highest BCUT2D eigenvalue weighted by molar-refractivity contribution is 5.93. The molecule has 2 aromatic carbocycles. The van der Waals surface area contributed by atoms with Crippen LogP contribution < -0.4 is 5.32 Å². The third kappa shape index (κ3) is 5.13. The summed E-state index contributed by atoms with van der Waals surface area (Å²) in [4.78, 5) is 42.8. The van der Waals surface area contributed by atoms with Crippen molar-refractivity contribution in [3.8, 4) is 0 Å². The number of piperidine rings is 1. The zero-order valence-corrected chi connectivity index (χ0v) is 24.2. The maximum Gasteiger partial charge on any atom is 0.320 e. The lowest BCUT2D eigenvalue weighted by molar-refractivity contribution is -0.178. The molecule has 0 radical (unpaired) electrons. The van der Waals surface area contributed by atoms with E-state index in [0.717, 1.165) is 42.0 Å². The fraction of sp³-hybridized carbons (Fsp3) is 0.441. The van der Waals surface area contributed by atoms with E-state index >= 15 is 0 Å². The van der Waals surface area contributed by atoms with Gasteiger partial charge in [0.05, 0.1) is 32.1 Å². The van der Waals surface area contributed by atoms with Gasteiger partial charge in [0.2, 0.25) is 11.8 Å². The second-order valence-electron chi connectivity index (χ2n) is 11.8. The number of benzene rings is 2. The van der Waals surface area contributed by atoms with Gasteiger partial charge in [-0.3, -0.25) is 14.4 Å². The average Bonchev–Trinajstić information content (AvgIpc) is 3.73. The normalized spacial score (nSPS) is 26.1. The lowest BCUT2D eigenvalue weighted by Gasteiger charge is -2.52. The molecule has 1 saturated carbocycles. The molecule has 8 heteroatoms. The summed E-state index contributed by atoms with van der Waals surface area (Å²) in [6, 6.07) is 17.6. The van der Waals surface area contributed by atoms with Crippen LogP contribution in [0, 0.1) is 17.3 Å². The SMILES string of the molecule is COC(=O)[C@]12C[C@H](CC(=O)NCc3cccc4ccccc34)C(=O)N(Cc3ccco3)C1=C[C@H](C1CCCC1)O[C@@H]2C. The van der Waals surface area contributed by atoms with Gasteiger partial charge in [-0.05, 0) is 66.6 Å². The van der Waals surface area contributed by atoms with Gasteiger partial charge in [0, 0.05) is 24.6 Å². The maximum absolute atomic E-state index is 14.1. The number of esters is 1. The molecule has 42 heavy (non-hydrogen) atoms. The number of likely N-dealkylation sites (tertiary alicyclic amines) is 1. The third-order valence-electron chi connectivity index (χ3n) is 9.40. The number of fused-ring (bicyclic) bond motifs is 2. The number of furan rings is 1. The molecule has 220 valence electrons. The number of carbonyl (C=O) groups excluding carboxylic acids is 3. The molecule has 3 aromatic rings. The van der Waals surface area contributed by atoms with Gasteiger partial charge in [-0.2, -0.15) is 0 Å². The van der Waals surface area contributed by atoms with Crippen LogP contribution in [0.4, 0.5) is 0 Å². The van der Waals surface area contributed by atoms with E-state index in [9.17, 15) is 14.4 Å². The minimum absolute atomic E-state index is 0.0525. The van der Waals surface area contributed by atoms with Crippen molar-refractivity contribution >= 4 is 28.6 Å². The maximum atomic E-state index is 14.1.